The Morgan fingerprint density at radius 3 is 2.42 bits per heavy atom. The van der Waals surface area contributed by atoms with E-state index in [9.17, 15) is 0 Å². The van der Waals surface area contributed by atoms with Crippen molar-refractivity contribution in [1.82, 2.24) is 0 Å². The number of benzene rings is 1. The fraction of sp³-hybridized carbons (Fsp3) is 0.368. The Morgan fingerprint density at radius 2 is 1.85 bits per heavy atom. The Labute approximate surface area is 154 Å². The first-order valence-corrected chi connectivity index (χ1v) is 8.62. The first-order valence-electron chi connectivity index (χ1n) is 8.62. The lowest BCUT2D eigenvalue weighted by atomic mass is 10.1. The quantitative estimate of drug-likeness (QED) is 0.377. The molecule has 141 valence electrons. The maximum atomic E-state index is 9.08. The smallest absolute Gasteiger partial charge is 0.183 e. The number of ether oxygens (including phenoxy) is 3. The topological polar surface area (TPSA) is 110 Å². The van der Waals surface area contributed by atoms with Crippen LogP contribution < -0.4 is 11.1 Å². The van der Waals surface area contributed by atoms with Crippen LogP contribution in [0.1, 0.15) is 25.8 Å². The molecular formula is C19H26N3O4. The van der Waals surface area contributed by atoms with Crippen molar-refractivity contribution in [1.29, 1.82) is 5.41 Å². The minimum Gasteiger partial charge on any atom is -0.494 e. The van der Waals surface area contributed by atoms with Gasteiger partial charge in [0.05, 0.1) is 19.8 Å². The summed E-state index contributed by atoms with van der Waals surface area (Å²) in [4.78, 5) is 0. The van der Waals surface area contributed by atoms with Crippen molar-refractivity contribution in [3.8, 4) is 0 Å². The summed E-state index contributed by atoms with van der Waals surface area (Å²) in [5.74, 6) is 1.94. The van der Waals surface area contributed by atoms with Gasteiger partial charge < -0.3 is 30.4 Å². The molecule has 1 aliphatic carbocycles. The number of hydrogen-bond donors (Lipinski definition) is 4. The lowest BCUT2D eigenvalue weighted by Gasteiger charge is -2.26. The molecule has 0 spiro atoms. The third kappa shape index (κ3) is 4.92. The fourth-order valence-electron chi connectivity index (χ4n) is 2.51. The Kier molecular flexibility index (Phi) is 7.35. The average Bonchev–Trinajstić information content (AvgIpc) is 2.64. The molecule has 0 unspecified atom stereocenters. The number of nitrogen functional groups attached to an aromatic ring is 1. The van der Waals surface area contributed by atoms with E-state index in [1.165, 1.54) is 0 Å². The van der Waals surface area contributed by atoms with E-state index in [0.29, 0.717) is 42.4 Å². The largest absolute Gasteiger partial charge is 0.494 e. The number of allylic oxidation sites excluding steroid dienone is 2. The number of hydrogen-bond acceptors (Lipinski definition) is 6. The first kappa shape index (κ1) is 19.7. The zero-order valence-corrected chi connectivity index (χ0v) is 15.2. The van der Waals surface area contributed by atoms with Crippen molar-refractivity contribution in [2.45, 2.75) is 20.3 Å². The van der Waals surface area contributed by atoms with Gasteiger partial charge in [0.15, 0.2) is 5.76 Å². The number of amidine groups is 1. The van der Waals surface area contributed by atoms with Crippen molar-refractivity contribution in [2.24, 2.45) is 5.73 Å². The highest BCUT2D eigenvalue weighted by molar-refractivity contribution is 5.95. The van der Waals surface area contributed by atoms with Gasteiger partial charge in [-0.05, 0) is 38.1 Å². The molecule has 0 atom stereocenters. The monoisotopic (exact) mass is 360 g/mol. The van der Waals surface area contributed by atoms with Crippen molar-refractivity contribution in [2.75, 3.05) is 31.7 Å². The molecule has 0 aliphatic heterocycles. The summed E-state index contributed by atoms with van der Waals surface area (Å²) in [6.45, 7) is 4.95. The minimum atomic E-state index is -0.0794. The number of rotatable bonds is 10. The normalized spacial score (nSPS) is 14.3. The molecule has 7 heteroatoms. The lowest BCUT2D eigenvalue weighted by Crippen LogP contribution is -2.19. The molecule has 5 N–H and O–H groups in total. The molecule has 0 amide bonds. The van der Waals surface area contributed by atoms with Crippen LogP contribution in [-0.4, -0.2) is 37.4 Å². The molecular weight excluding hydrogens is 334 g/mol. The van der Waals surface area contributed by atoms with Gasteiger partial charge in [-0.25, -0.2) is 0 Å². The molecule has 1 aliphatic rings. The van der Waals surface area contributed by atoms with Crippen molar-refractivity contribution in [3.05, 3.63) is 59.2 Å². The molecule has 0 heterocycles. The van der Waals surface area contributed by atoms with E-state index in [-0.39, 0.29) is 19.0 Å². The van der Waals surface area contributed by atoms with Gasteiger partial charge in [-0.15, -0.1) is 0 Å². The predicted molar refractivity (Wildman–Crippen MR) is 100 cm³/mol. The van der Waals surface area contributed by atoms with Crippen molar-refractivity contribution >= 4 is 11.5 Å². The van der Waals surface area contributed by atoms with E-state index >= 15 is 0 Å². The Morgan fingerprint density at radius 1 is 1.15 bits per heavy atom. The van der Waals surface area contributed by atoms with E-state index in [1.54, 1.807) is 12.1 Å². The van der Waals surface area contributed by atoms with Gasteiger partial charge >= 0.3 is 0 Å². The molecule has 0 fully saturated rings. The third-order valence-electron chi connectivity index (χ3n) is 3.62. The van der Waals surface area contributed by atoms with Crippen LogP contribution in [0.3, 0.4) is 0 Å². The first-order chi connectivity index (χ1) is 12.6. The van der Waals surface area contributed by atoms with Gasteiger partial charge in [0.1, 0.15) is 29.7 Å². The van der Waals surface area contributed by atoms with Crippen LogP contribution in [0, 0.1) is 11.8 Å². The second-order valence-corrected chi connectivity index (χ2v) is 5.45. The molecule has 0 saturated carbocycles. The molecule has 26 heavy (non-hydrogen) atoms. The zero-order chi connectivity index (χ0) is 18.9. The number of anilines is 1. The van der Waals surface area contributed by atoms with E-state index in [0.717, 1.165) is 11.4 Å². The zero-order valence-electron chi connectivity index (χ0n) is 15.2. The number of aliphatic hydroxyl groups excluding tert-OH is 1. The Balaban J connectivity index is 2.36. The highest BCUT2D eigenvalue weighted by atomic mass is 16.5. The summed E-state index contributed by atoms with van der Waals surface area (Å²) in [5.41, 5.74) is 7.58. The molecule has 1 radical (unpaired) electrons. The van der Waals surface area contributed by atoms with Crippen LogP contribution in [-0.2, 0) is 14.2 Å². The number of nitrogens with one attached hydrogen (secondary N) is 2. The van der Waals surface area contributed by atoms with Gasteiger partial charge in [0, 0.05) is 24.1 Å². The van der Waals surface area contributed by atoms with Crippen LogP contribution in [0.2, 0.25) is 0 Å². The number of aliphatic hydroxyl groups is 1. The summed E-state index contributed by atoms with van der Waals surface area (Å²) >= 11 is 0. The van der Waals surface area contributed by atoms with E-state index in [1.807, 2.05) is 32.4 Å². The highest BCUT2D eigenvalue weighted by Crippen LogP contribution is 2.33. The predicted octanol–water partition coefficient (Wildman–Crippen LogP) is 2.50. The van der Waals surface area contributed by atoms with Crippen LogP contribution in [0.5, 0.6) is 0 Å². The summed E-state index contributed by atoms with van der Waals surface area (Å²) in [6.07, 6.45) is 2.45. The molecule has 1 aromatic carbocycles. The minimum absolute atomic E-state index is 0.0160. The maximum absolute atomic E-state index is 9.08. The van der Waals surface area contributed by atoms with Gasteiger partial charge in [-0.2, -0.15) is 0 Å². The third-order valence-corrected chi connectivity index (χ3v) is 3.62. The highest BCUT2D eigenvalue weighted by Gasteiger charge is 2.26. The number of nitrogens with two attached hydrogens (primary N) is 1. The summed E-state index contributed by atoms with van der Waals surface area (Å²) in [7, 11) is 0. The van der Waals surface area contributed by atoms with Crippen LogP contribution >= 0.6 is 0 Å². The van der Waals surface area contributed by atoms with Crippen molar-refractivity contribution in [3.63, 3.8) is 0 Å². The summed E-state index contributed by atoms with van der Waals surface area (Å²) < 4.78 is 17.2. The van der Waals surface area contributed by atoms with E-state index in [2.05, 4.69) is 5.32 Å². The summed E-state index contributed by atoms with van der Waals surface area (Å²) in [6, 6.07) is 7.18. The second-order valence-electron chi connectivity index (χ2n) is 5.45. The van der Waals surface area contributed by atoms with Crippen LogP contribution in [0.25, 0.3) is 0 Å². The van der Waals surface area contributed by atoms with Crippen LogP contribution in [0.4, 0.5) is 5.69 Å². The van der Waals surface area contributed by atoms with Gasteiger partial charge in [0.2, 0.25) is 0 Å². The average molecular weight is 360 g/mol. The van der Waals surface area contributed by atoms with Crippen molar-refractivity contribution < 1.29 is 19.3 Å². The molecule has 2 rings (SSSR count). The molecule has 0 aromatic heterocycles. The van der Waals surface area contributed by atoms with Gasteiger partial charge in [0.25, 0.3) is 0 Å². The standard InChI is InChI=1S/C19H26N3O4/c1-3-24-16-10-9-15(26-12-11-23)17(18(16)25-4-2)22-14-7-5-13(6-8-14)19(20)21/h5-9,22-23H,3-4,10-12H2,1-2H3,(H3,20,21). The Hall–Kier alpha value is -2.67. The second kappa shape index (κ2) is 9.72. The van der Waals surface area contributed by atoms with Gasteiger partial charge in [-0.1, -0.05) is 0 Å². The maximum Gasteiger partial charge on any atom is 0.183 e. The molecule has 0 bridgehead atoms. The SMILES string of the molecule is CCOC1=C(OCC)C(Nc2ccc(C(=N)N)cc2)=C(OCCO)[CH]C1. The van der Waals surface area contributed by atoms with E-state index in [4.69, 9.17) is 30.5 Å². The summed E-state index contributed by atoms with van der Waals surface area (Å²) in [5, 5.41) is 19.9. The Bertz CT molecular complexity index is 681. The van der Waals surface area contributed by atoms with Crippen LogP contribution in [0.15, 0.2) is 47.2 Å². The molecule has 0 saturated heterocycles. The van der Waals surface area contributed by atoms with Gasteiger partial charge in [-0.3, -0.25) is 5.41 Å². The molecule has 1 aromatic rings. The molecule has 7 nitrogen and oxygen atoms in total. The lowest BCUT2D eigenvalue weighted by molar-refractivity contribution is 0.131. The van der Waals surface area contributed by atoms with E-state index < -0.39 is 0 Å². The fourth-order valence-corrected chi connectivity index (χ4v) is 2.51.